The van der Waals surface area contributed by atoms with Crippen LogP contribution < -0.4 is 4.41 Å². The molecular weight excluding hydrogens is 414 g/mol. The van der Waals surface area contributed by atoms with Gasteiger partial charge in [0.1, 0.15) is 5.69 Å². The maximum absolute atomic E-state index is 12.5. The zero-order valence-electron chi connectivity index (χ0n) is 17.1. The number of aromatic carboxylic acids is 1. The van der Waals surface area contributed by atoms with E-state index in [1.54, 1.807) is 6.07 Å². The summed E-state index contributed by atoms with van der Waals surface area (Å²) in [6.45, 7) is 0.746. The molecule has 3 atom stereocenters. The topological polar surface area (TPSA) is 94.0 Å². The van der Waals surface area contributed by atoms with Gasteiger partial charge in [0, 0.05) is 24.3 Å². The minimum Gasteiger partial charge on any atom is -0.477 e. The molecule has 2 N–H and O–H groups in total. The lowest BCUT2D eigenvalue weighted by molar-refractivity contribution is 0.0661. The van der Waals surface area contributed by atoms with Crippen LogP contribution in [0.5, 0.6) is 0 Å². The van der Waals surface area contributed by atoms with E-state index >= 15 is 0 Å². The van der Waals surface area contributed by atoms with Gasteiger partial charge in [-0.2, -0.15) is 4.41 Å². The number of carboxylic acids is 1. The first-order chi connectivity index (χ1) is 15.0. The highest BCUT2D eigenvalue weighted by molar-refractivity contribution is 7.80. The molecule has 0 amide bonds. The summed E-state index contributed by atoms with van der Waals surface area (Å²) in [6, 6.07) is 10.6. The average Bonchev–Trinajstić information content (AvgIpc) is 2.79. The van der Waals surface area contributed by atoms with Crippen molar-refractivity contribution < 1.29 is 18.7 Å². The third-order valence-corrected chi connectivity index (χ3v) is 6.73. The predicted molar refractivity (Wildman–Crippen MR) is 119 cm³/mol. The molecule has 0 spiro atoms. The summed E-state index contributed by atoms with van der Waals surface area (Å²) in [4.78, 5) is 14.8. The number of piperidine rings is 1. The molecule has 7 nitrogen and oxygen atoms in total. The lowest BCUT2D eigenvalue weighted by Crippen LogP contribution is -2.56. The van der Waals surface area contributed by atoms with Crippen LogP contribution in [0.4, 0.5) is 5.69 Å². The van der Waals surface area contributed by atoms with Gasteiger partial charge >= 0.3 is 5.97 Å². The van der Waals surface area contributed by atoms with E-state index in [1.807, 2.05) is 24.3 Å². The number of benzene rings is 1. The fourth-order valence-electron chi connectivity index (χ4n) is 4.62. The second-order valence-electron chi connectivity index (χ2n) is 7.93. The van der Waals surface area contributed by atoms with E-state index in [2.05, 4.69) is 21.8 Å². The van der Waals surface area contributed by atoms with Crippen molar-refractivity contribution in [3.8, 4) is 11.8 Å². The first-order valence-electron chi connectivity index (χ1n) is 10.5. The van der Waals surface area contributed by atoms with Crippen LogP contribution in [0.15, 0.2) is 42.6 Å². The molecule has 0 bridgehead atoms. The van der Waals surface area contributed by atoms with Gasteiger partial charge in [0.15, 0.2) is 0 Å². The average molecular weight is 440 g/mol. The van der Waals surface area contributed by atoms with Crippen molar-refractivity contribution in [3.05, 3.63) is 59.4 Å². The van der Waals surface area contributed by atoms with Crippen LogP contribution >= 0.6 is 0 Å². The lowest BCUT2D eigenvalue weighted by Gasteiger charge is -2.47. The van der Waals surface area contributed by atoms with Crippen molar-refractivity contribution in [1.29, 1.82) is 0 Å². The minimum absolute atomic E-state index is 0.0417. The van der Waals surface area contributed by atoms with Gasteiger partial charge < -0.3 is 5.11 Å². The van der Waals surface area contributed by atoms with Crippen LogP contribution in [0.3, 0.4) is 0 Å². The Morgan fingerprint density at radius 3 is 2.61 bits per heavy atom. The summed E-state index contributed by atoms with van der Waals surface area (Å²) in [5, 5.41) is 11.1. The van der Waals surface area contributed by atoms with E-state index in [1.165, 1.54) is 35.9 Å². The molecule has 4 rings (SSSR count). The minimum atomic E-state index is -2.22. The van der Waals surface area contributed by atoms with Gasteiger partial charge in [0.25, 0.3) is 11.3 Å². The Hall–Kier alpha value is -2.73. The van der Waals surface area contributed by atoms with Crippen LogP contribution in [0.1, 0.15) is 60.1 Å². The van der Waals surface area contributed by atoms with Crippen molar-refractivity contribution >= 4 is 22.9 Å². The van der Waals surface area contributed by atoms with Gasteiger partial charge in [-0.15, -0.1) is 0 Å². The number of hydrazine groups is 1. The highest BCUT2D eigenvalue weighted by Crippen LogP contribution is 2.38. The van der Waals surface area contributed by atoms with Crippen molar-refractivity contribution in [2.24, 2.45) is 5.92 Å². The van der Waals surface area contributed by atoms with Crippen LogP contribution in [0.2, 0.25) is 0 Å². The standard InChI is InChI=1S/C23H25N3O4S/c27-23(28)20-14-12-17(16-24-20)11-13-19-7-2-4-10-22(19)26(31(29)30)25-15-5-8-18-6-1-3-9-21(18)25/h2,4,7,10,12,14,16,18,21H,1,3,5-6,8-9,15H2,(H,27,28)(H,29,30)/t18-,21-/m1/s1. The second-order valence-corrected chi connectivity index (χ2v) is 8.73. The number of carboxylic acid groups (broad SMARTS) is 1. The summed E-state index contributed by atoms with van der Waals surface area (Å²) in [5.74, 6) is 5.53. The van der Waals surface area contributed by atoms with Crippen LogP contribution in [-0.4, -0.2) is 42.4 Å². The Balaban J connectivity index is 1.66. The molecule has 8 heteroatoms. The number of pyridine rings is 1. The molecule has 1 aliphatic heterocycles. The number of carbonyl (C=O) groups is 1. The molecule has 2 fully saturated rings. The summed E-state index contributed by atoms with van der Waals surface area (Å²) in [6.07, 6.45) is 8.18. The zero-order valence-corrected chi connectivity index (χ0v) is 17.9. The normalized spacial score (nSPS) is 22.0. The van der Waals surface area contributed by atoms with E-state index in [9.17, 15) is 13.6 Å². The summed E-state index contributed by atoms with van der Waals surface area (Å²) >= 11 is -2.22. The Bertz CT molecular complexity index is 1030. The molecule has 1 unspecified atom stereocenters. The van der Waals surface area contributed by atoms with Crippen molar-refractivity contribution in [2.45, 2.75) is 44.6 Å². The third-order valence-electron chi connectivity index (χ3n) is 6.03. The van der Waals surface area contributed by atoms with Gasteiger partial charge in [-0.25, -0.2) is 19.0 Å². The Labute approximate surface area is 184 Å². The monoisotopic (exact) mass is 439 g/mol. The maximum atomic E-state index is 12.5. The maximum Gasteiger partial charge on any atom is 0.354 e. The van der Waals surface area contributed by atoms with E-state index in [0.29, 0.717) is 22.7 Å². The molecule has 162 valence electrons. The number of hydrogen-bond donors (Lipinski definition) is 2. The van der Waals surface area contributed by atoms with Crippen LogP contribution in [-0.2, 0) is 11.3 Å². The molecule has 31 heavy (non-hydrogen) atoms. The zero-order chi connectivity index (χ0) is 21.8. The van der Waals surface area contributed by atoms with Crippen molar-refractivity contribution in [3.63, 3.8) is 0 Å². The fraction of sp³-hybridized carbons (Fsp3) is 0.391. The van der Waals surface area contributed by atoms with Gasteiger partial charge in [-0.1, -0.05) is 36.8 Å². The molecule has 1 saturated heterocycles. The van der Waals surface area contributed by atoms with Gasteiger partial charge in [0.2, 0.25) is 0 Å². The highest BCUT2D eigenvalue weighted by atomic mass is 32.2. The molecule has 1 saturated carbocycles. The largest absolute Gasteiger partial charge is 0.477 e. The van der Waals surface area contributed by atoms with Crippen LogP contribution in [0, 0.1) is 17.8 Å². The Morgan fingerprint density at radius 1 is 1.10 bits per heavy atom. The third kappa shape index (κ3) is 4.79. The first kappa shape index (κ1) is 21.5. The van der Waals surface area contributed by atoms with Crippen molar-refractivity contribution in [2.75, 3.05) is 11.0 Å². The molecule has 1 aliphatic carbocycles. The van der Waals surface area contributed by atoms with Gasteiger partial charge in [-0.3, -0.25) is 4.55 Å². The number of para-hydroxylation sites is 1. The second kappa shape index (κ2) is 9.60. The quantitative estimate of drug-likeness (QED) is 0.557. The molecule has 0 radical (unpaired) electrons. The summed E-state index contributed by atoms with van der Waals surface area (Å²) in [5.41, 5.74) is 1.75. The molecule has 2 aliphatic rings. The summed E-state index contributed by atoms with van der Waals surface area (Å²) in [7, 11) is 0. The van der Waals surface area contributed by atoms with E-state index in [0.717, 1.165) is 25.8 Å². The molecule has 2 heterocycles. The van der Waals surface area contributed by atoms with Crippen LogP contribution in [0.25, 0.3) is 0 Å². The number of hydrogen-bond acceptors (Lipinski definition) is 4. The number of fused-ring (bicyclic) bond motifs is 1. The Kier molecular flexibility index (Phi) is 6.66. The van der Waals surface area contributed by atoms with Gasteiger partial charge in [0.05, 0.1) is 11.3 Å². The smallest absolute Gasteiger partial charge is 0.354 e. The number of anilines is 1. The Morgan fingerprint density at radius 2 is 1.87 bits per heavy atom. The molecule has 2 aromatic rings. The predicted octanol–water partition coefficient (Wildman–Crippen LogP) is 3.69. The number of rotatable bonds is 4. The van der Waals surface area contributed by atoms with E-state index < -0.39 is 17.2 Å². The number of aromatic nitrogens is 1. The SMILES string of the molecule is O=C(O)c1ccc(C#Cc2ccccc2N(N2CCC[C@H]3CCCC[C@H]32)S(=O)O)cn1. The van der Waals surface area contributed by atoms with Crippen molar-refractivity contribution in [1.82, 2.24) is 9.99 Å². The lowest BCUT2D eigenvalue weighted by atomic mass is 9.79. The van der Waals surface area contributed by atoms with Gasteiger partial charge in [-0.05, 0) is 55.9 Å². The first-order valence-corrected chi connectivity index (χ1v) is 11.6. The summed E-state index contributed by atoms with van der Waals surface area (Å²) < 4.78 is 24.2. The fourth-order valence-corrected chi connectivity index (χ4v) is 5.33. The molecule has 1 aromatic heterocycles. The van der Waals surface area contributed by atoms with E-state index in [4.69, 9.17) is 5.11 Å². The highest BCUT2D eigenvalue weighted by Gasteiger charge is 2.38. The number of nitrogens with zero attached hydrogens (tertiary/aromatic N) is 3. The van der Waals surface area contributed by atoms with E-state index in [-0.39, 0.29) is 11.7 Å². The molecular formula is C23H25N3O4S. The molecule has 1 aromatic carbocycles.